The molecule has 2 aromatic rings. The van der Waals surface area contributed by atoms with Crippen molar-refractivity contribution >= 4 is 18.7 Å². The van der Waals surface area contributed by atoms with Gasteiger partial charge in [0.1, 0.15) is 0 Å². The number of hydrogen-bond donors (Lipinski definition) is 0. The average molecular weight is 329 g/mol. The van der Waals surface area contributed by atoms with Gasteiger partial charge in [0.15, 0.2) is 0 Å². The summed E-state index contributed by atoms with van der Waals surface area (Å²) in [4.78, 5) is 0. The molecule has 0 spiro atoms. The molecular formula is C20H28O2Si. The maximum atomic E-state index is 6.46. The second kappa shape index (κ2) is 7.91. The second-order valence-corrected chi connectivity index (χ2v) is 10.1. The van der Waals surface area contributed by atoms with Gasteiger partial charge in [0.2, 0.25) is 0 Å². The summed E-state index contributed by atoms with van der Waals surface area (Å²) in [6.45, 7) is 9.91. The maximum Gasteiger partial charge on any atom is 0.252 e. The summed E-state index contributed by atoms with van der Waals surface area (Å²) in [6, 6.07) is 21.2. The smallest absolute Gasteiger partial charge is 0.252 e. The molecule has 0 atom stereocenters. The van der Waals surface area contributed by atoms with Gasteiger partial charge < -0.3 is 9.16 Å². The maximum absolute atomic E-state index is 6.46. The molecule has 23 heavy (non-hydrogen) atoms. The Kier molecular flexibility index (Phi) is 6.16. The zero-order valence-electron chi connectivity index (χ0n) is 14.7. The zero-order chi connectivity index (χ0) is 16.8. The molecule has 2 aromatic carbocycles. The van der Waals surface area contributed by atoms with Crippen LogP contribution in [0.25, 0.3) is 0 Å². The molecule has 0 heterocycles. The van der Waals surface area contributed by atoms with Gasteiger partial charge in [0.05, 0.1) is 18.8 Å². The summed E-state index contributed by atoms with van der Waals surface area (Å²) in [7, 11) is -2.19. The van der Waals surface area contributed by atoms with Crippen molar-refractivity contribution < 1.29 is 9.16 Å². The van der Waals surface area contributed by atoms with Crippen LogP contribution in [-0.2, 0) is 9.16 Å². The molecule has 0 aliphatic carbocycles. The number of rotatable bonds is 8. The second-order valence-electron chi connectivity index (χ2n) is 6.58. The standard InChI is InChI=1S/C20H28O2Si/c1-5-20(2,3)21-16-17-22-23(4,18-12-8-6-9-13-18)19-14-10-7-11-15-19/h6-15H,5,16-17H2,1-4H3. The number of hydrogen-bond acceptors (Lipinski definition) is 2. The van der Waals surface area contributed by atoms with Gasteiger partial charge in [-0.2, -0.15) is 0 Å². The molecule has 0 fully saturated rings. The Hall–Kier alpha value is -1.42. The van der Waals surface area contributed by atoms with E-state index in [1.807, 2.05) is 0 Å². The Balaban J connectivity index is 2.13. The molecule has 0 bridgehead atoms. The normalized spacial score (nSPS) is 12.3. The molecular weight excluding hydrogens is 300 g/mol. The van der Waals surface area contributed by atoms with E-state index in [-0.39, 0.29) is 5.60 Å². The molecule has 0 aliphatic rings. The van der Waals surface area contributed by atoms with E-state index in [1.54, 1.807) is 0 Å². The Labute approximate surface area is 141 Å². The molecule has 0 aromatic heterocycles. The highest BCUT2D eigenvalue weighted by Crippen LogP contribution is 2.14. The molecule has 2 nitrogen and oxygen atoms in total. The quantitative estimate of drug-likeness (QED) is 0.544. The van der Waals surface area contributed by atoms with Gasteiger partial charge in [-0.25, -0.2) is 0 Å². The van der Waals surface area contributed by atoms with Crippen molar-refractivity contribution in [2.45, 2.75) is 39.3 Å². The molecule has 0 N–H and O–H groups in total. The first-order valence-electron chi connectivity index (χ1n) is 8.37. The minimum Gasteiger partial charge on any atom is -0.406 e. The number of ether oxygens (including phenoxy) is 1. The lowest BCUT2D eigenvalue weighted by Gasteiger charge is -2.30. The molecule has 0 saturated carbocycles. The molecule has 2 rings (SSSR count). The lowest BCUT2D eigenvalue weighted by atomic mass is 10.1. The zero-order valence-corrected chi connectivity index (χ0v) is 15.7. The highest BCUT2D eigenvalue weighted by atomic mass is 28.4. The van der Waals surface area contributed by atoms with E-state index in [0.717, 1.165) is 6.42 Å². The van der Waals surface area contributed by atoms with E-state index < -0.39 is 8.32 Å². The van der Waals surface area contributed by atoms with Crippen LogP contribution in [0.3, 0.4) is 0 Å². The van der Waals surface area contributed by atoms with Crippen molar-refractivity contribution in [3.63, 3.8) is 0 Å². The molecule has 0 amide bonds. The SMILES string of the molecule is CCC(C)(C)OCCO[Si](C)(c1ccccc1)c1ccccc1. The van der Waals surface area contributed by atoms with Gasteiger partial charge >= 0.3 is 0 Å². The van der Waals surface area contributed by atoms with Crippen molar-refractivity contribution in [1.82, 2.24) is 0 Å². The Morgan fingerprint density at radius 2 is 1.30 bits per heavy atom. The van der Waals surface area contributed by atoms with Crippen molar-refractivity contribution in [2.75, 3.05) is 13.2 Å². The van der Waals surface area contributed by atoms with Crippen LogP contribution < -0.4 is 10.4 Å². The van der Waals surface area contributed by atoms with Gasteiger partial charge in [-0.05, 0) is 37.2 Å². The van der Waals surface area contributed by atoms with Crippen molar-refractivity contribution in [3.8, 4) is 0 Å². The van der Waals surface area contributed by atoms with E-state index in [2.05, 4.69) is 88.0 Å². The average Bonchev–Trinajstić information content (AvgIpc) is 2.60. The van der Waals surface area contributed by atoms with E-state index in [4.69, 9.17) is 9.16 Å². The number of benzene rings is 2. The fourth-order valence-corrected chi connectivity index (χ4v) is 5.33. The molecule has 0 radical (unpaired) electrons. The first-order chi connectivity index (χ1) is 11.0. The Morgan fingerprint density at radius 3 is 1.74 bits per heavy atom. The van der Waals surface area contributed by atoms with Crippen molar-refractivity contribution in [2.24, 2.45) is 0 Å². The molecule has 0 unspecified atom stereocenters. The summed E-state index contributed by atoms with van der Waals surface area (Å²) in [5.74, 6) is 0. The fraction of sp³-hybridized carbons (Fsp3) is 0.400. The highest BCUT2D eigenvalue weighted by molar-refractivity contribution is 6.96. The third-order valence-electron chi connectivity index (χ3n) is 4.47. The summed E-state index contributed by atoms with van der Waals surface area (Å²) in [5, 5.41) is 2.59. The summed E-state index contributed by atoms with van der Waals surface area (Å²) >= 11 is 0. The minimum absolute atomic E-state index is 0.0825. The van der Waals surface area contributed by atoms with Crippen LogP contribution in [0.5, 0.6) is 0 Å². The topological polar surface area (TPSA) is 18.5 Å². The third kappa shape index (κ3) is 4.77. The monoisotopic (exact) mass is 328 g/mol. The van der Waals surface area contributed by atoms with Crippen molar-refractivity contribution in [1.29, 1.82) is 0 Å². The van der Waals surface area contributed by atoms with Gasteiger partial charge in [0.25, 0.3) is 8.32 Å². The minimum atomic E-state index is -2.19. The summed E-state index contributed by atoms with van der Waals surface area (Å²) in [5.41, 5.74) is -0.0825. The lowest BCUT2D eigenvalue weighted by molar-refractivity contribution is -0.0323. The first kappa shape index (κ1) is 17.9. The van der Waals surface area contributed by atoms with Crippen LogP contribution in [0.4, 0.5) is 0 Å². The van der Waals surface area contributed by atoms with E-state index >= 15 is 0 Å². The summed E-state index contributed by atoms with van der Waals surface area (Å²) < 4.78 is 12.4. The van der Waals surface area contributed by atoms with Crippen LogP contribution >= 0.6 is 0 Å². The Bertz CT molecular complexity index is 542. The van der Waals surface area contributed by atoms with Gasteiger partial charge in [-0.3, -0.25) is 0 Å². The van der Waals surface area contributed by atoms with E-state index in [9.17, 15) is 0 Å². The molecule has 0 aliphatic heterocycles. The fourth-order valence-electron chi connectivity index (χ4n) is 2.51. The first-order valence-corrected chi connectivity index (χ1v) is 10.8. The largest absolute Gasteiger partial charge is 0.406 e. The lowest BCUT2D eigenvalue weighted by Crippen LogP contribution is -2.58. The van der Waals surface area contributed by atoms with Crippen LogP contribution in [0.15, 0.2) is 60.7 Å². The van der Waals surface area contributed by atoms with E-state index in [1.165, 1.54) is 10.4 Å². The van der Waals surface area contributed by atoms with Crippen LogP contribution in [0.2, 0.25) is 6.55 Å². The van der Waals surface area contributed by atoms with E-state index in [0.29, 0.717) is 13.2 Å². The molecule has 3 heteroatoms. The predicted molar refractivity (Wildman–Crippen MR) is 100 cm³/mol. The molecule has 0 saturated heterocycles. The van der Waals surface area contributed by atoms with Gasteiger partial charge in [0, 0.05) is 0 Å². The molecule has 124 valence electrons. The summed E-state index contributed by atoms with van der Waals surface area (Å²) in [6.07, 6.45) is 0.999. The van der Waals surface area contributed by atoms with Crippen molar-refractivity contribution in [3.05, 3.63) is 60.7 Å². The van der Waals surface area contributed by atoms with Gasteiger partial charge in [-0.1, -0.05) is 67.6 Å². The van der Waals surface area contributed by atoms with Crippen LogP contribution in [0.1, 0.15) is 27.2 Å². The third-order valence-corrected chi connectivity index (χ3v) is 8.12. The predicted octanol–water partition coefficient (Wildman–Crippen LogP) is 3.60. The van der Waals surface area contributed by atoms with Crippen LogP contribution in [0, 0.1) is 0 Å². The highest BCUT2D eigenvalue weighted by Gasteiger charge is 2.33. The Morgan fingerprint density at radius 1 is 0.826 bits per heavy atom. The van der Waals surface area contributed by atoms with Gasteiger partial charge in [-0.15, -0.1) is 0 Å². The van der Waals surface area contributed by atoms with Crippen LogP contribution in [-0.4, -0.2) is 27.1 Å².